The van der Waals surface area contributed by atoms with Crippen LogP contribution in [0.4, 0.5) is 0 Å². The molecule has 0 spiro atoms. The molecule has 0 saturated carbocycles. The summed E-state index contributed by atoms with van der Waals surface area (Å²) in [5.41, 5.74) is 0. The van der Waals surface area contributed by atoms with E-state index in [2.05, 4.69) is 16.4 Å². The van der Waals surface area contributed by atoms with Gasteiger partial charge in [-0.05, 0) is 6.42 Å². The second kappa shape index (κ2) is 6.29. The molecule has 4 heteroatoms. The van der Waals surface area contributed by atoms with Crippen LogP contribution in [-0.4, -0.2) is 18.8 Å². The van der Waals surface area contributed by atoms with E-state index in [1.807, 2.05) is 0 Å². The summed E-state index contributed by atoms with van der Waals surface area (Å²) >= 11 is 3.92. The molecule has 0 aliphatic carbocycles. The highest BCUT2D eigenvalue weighted by Gasteiger charge is 1.97. The number of carbonyl (C=O) groups is 1. The summed E-state index contributed by atoms with van der Waals surface area (Å²) in [6.45, 7) is 0. The van der Waals surface area contributed by atoms with Crippen molar-refractivity contribution < 1.29 is 9.53 Å². The molecule has 9 heavy (non-hydrogen) atoms. The molecular weight excluding hydrogens is 156 g/mol. The van der Waals surface area contributed by atoms with Crippen LogP contribution in [0.2, 0.25) is 0 Å². The largest absolute Gasteiger partial charge is 0.469 e. The first-order chi connectivity index (χ1) is 4.31. The molecule has 0 fully saturated rings. The van der Waals surface area contributed by atoms with E-state index in [1.165, 1.54) is 17.9 Å². The average Bonchev–Trinajstić information content (AvgIpc) is 1.89. The predicted molar refractivity (Wildman–Crippen MR) is 42.7 cm³/mol. The van der Waals surface area contributed by atoms with E-state index < -0.39 is 0 Å². The van der Waals surface area contributed by atoms with Gasteiger partial charge in [-0.25, -0.2) is 0 Å². The molecule has 0 bridgehead atoms. The number of esters is 1. The van der Waals surface area contributed by atoms with Crippen LogP contribution in [0.5, 0.6) is 0 Å². The Morgan fingerprint density at radius 3 is 2.89 bits per heavy atom. The minimum Gasteiger partial charge on any atom is -0.469 e. The van der Waals surface area contributed by atoms with Crippen molar-refractivity contribution in [3.63, 3.8) is 0 Å². The molecule has 54 valence electrons. The summed E-state index contributed by atoms with van der Waals surface area (Å²) in [5, 5.41) is 0. The SMILES string of the molecule is COC(=O)CCCSS. The molecule has 0 amide bonds. The minimum absolute atomic E-state index is 0.141. The van der Waals surface area contributed by atoms with Gasteiger partial charge in [-0.2, -0.15) is 0 Å². The van der Waals surface area contributed by atoms with Crippen LogP contribution >= 0.6 is 22.5 Å². The Morgan fingerprint density at radius 2 is 2.44 bits per heavy atom. The van der Waals surface area contributed by atoms with Gasteiger partial charge in [0.05, 0.1) is 7.11 Å². The number of ether oxygens (including phenoxy) is 1. The summed E-state index contributed by atoms with van der Waals surface area (Å²) in [4.78, 5) is 10.4. The Hall–Kier alpha value is 0.170. The molecule has 0 heterocycles. The third-order valence-electron chi connectivity index (χ3n) is 0.844. The molecular formula is C5H10O2S2. The predicted octanol–water partition coefficient (Wildman–Crippen LogP) is 1.52. The van der Waals surface area contributed by atoms with Crippen LogP contribution < -0.4 is 0 Å². The molecule has 0 saturated heterocycles. The maximum atomic E-state index is 10.4. The van der Waals surface area contributed by atoms with Crippen LogP contribution in [0.3, 0.4) is 0 Å². The lowest BCUT2D eigenvalue weighted by atomic mass is 10.3. The van der Waals surface area contributed by atoms with Crippen molar-refractivity contribution in [2.75, 3.05) is 12.9 Å². The fraction of sp³-hybridized carbons (Fsp3) is 0.800. The number of carbonyl (C=O) groups excluding carboxylic acids is 1. The van der Waals surface area contributed by atoms with Crippen molar-refractivity contribution in [1.29, 1.82) is 0 Å². The summed E-state index contributed by atoms with van der Waals surface area (Å²) < 4.78 is 4.42. The zero-order chi connectivity index (χ0) is 7.11. The summed E-state index contributed by atoms with van der Waals surface area (Å²) in [5.74, 6) is 0.760. The van der Waals surface area contributed by atoms with Gasteiger partial charge >= 0.3 is 5.97 Å². The van der Waals surface area contributed by atoms with Gasteiger partial charge < -0.3 is 4.74 Å². The smallest absolute Gasteiger partial charge is 0.305 e. The number of hydrogen-bond donors (Lipinski definition) is 1. The zero-order valence-electron chi connectivity index (χ0n) is 5.29. The van der Waals surface area contributed by atoms with Crippen molar-refractivity contribution in [1.82, 2.24) is 0 Å². The molecule has 0 atom stereocenters. The fourth-order valence-corrected chi connectivity index (χ4v) is 1.04. The lowest BCUT2D eigenvalue weighted by Gasteiger charge is -1.95. The first-order valence-electron chi connectivity index (χ1n) is 2.64. The highest BCUT2D eigenvalue weighted by molar-refractivity contribution is 8.68. The van der Waals surface area contributed by atoms with E-state index >= 15 is 0 Å². The van der Waals surface area contributed by atoms with Gasteiger partial charge in [-0.15, -0.1) is 11.7 Å². The Morgan fingerprint density at radius 1 is 1.78 bits per heavy atom. The van der Waals surface area contributed by atoms with Crippen LogP contribution in [-0.2, 0) is 9.53 Å². The van der Waals surface area contributed by atoms with E-state index in [0.29, 0.717) is 6.42 Å². The Bertz CT molecular complexity index is 85.0. The van der Waals surface area contributed by atoms with Gasteiger partial charge in [0.25, 0.3) is 0 Å². The molecule has 0 radical (unpaired) electrons. The molecule has 0 aromatic carbocycles. The van der Waals surface area contributed by atoms with E-state index in [1.54, 1.807) is 0 Å². The van der Waals surface area contributed by atoms with Gasteiger partial charge in [0, 0.05) is 12.2 Å². The maximum Gasteiger partial charge on any atom is 0.305 e. The zero-order valence-corrected chi connectivity index (χ0v) is 7.00. The standard InChI is InChI=1S/C5H10O2S2/c1-7-5(6)3-2-4-9-8/h8H,2-4H2,1H3. The third kappa shape index (κ3) is 6.05. The number of hydrogen-bond acceptors (Lipinski definition) is 4. The van der Waals surface area contributed by atoms with Crippen molar-refractivity contribution >= 4 is 28.4 Å². The Balaban J connectivity index is 2.97. The maximum absolute atomic E-state index is 10.4. The number of methoxy groups -OCH3 is 1. The van der Waals surface area contributed by atoms with Gasteiger partial charge in [-0.3, -0.25) is 4.79 Å². The van der Waals surface area contributed by atoms with Crippen molar-refractivity contribution in [3.8, 4) is 0 Å². The van der Waals surface area contributed by atoms with Crippen LogP contribution in [0.15, 0.2) is 0 Å². The Kier molecular flexibility index (Phi) is 6.41. The molecule has 0 N–H and O–H groups in total. The first kappa shape index (κ1) is 9.17. The second-order valence-electron chi connectivity index (χ2n) is 1.51. The van der Waals surface area contributed by atoms with Crippen molar-refractivity contribution in [2.24, 2.45) is 0 Å². The van der Waals surface area contributed by atoms with E-state index in [-0.39, 0.29) is 5.97 Å². The van der Waals surface area contributed by atoms with Crippen LogP contribution in [0.25, 0.3) is 0 Å². The average molecular weight is 166 g/mol. The van der Waals surface area contributed by atoms with E-state index in [4.69, 9.17) is 0 Å². The monoisotopic (exact) mass is 166 g/mol. The molecule has 0 aromatic heterocycles. The molecule has 0 aliphatic rings. The van der Waals surface area contributed by atoms with Crippen LogP contribution in [0, 0.1) is 0 Å². The molecule has 0 aliphatic heterocycles. The Labute approximate surface area is 64.2 Å². The van der Waals surface area contributed by atoms with E-state index in [0.717, 1.165) is 12.2 Å². The topological polar surface area (TPSA) is 26.3 Å². The highest BCUT2D eigenvalue weighted by atomic mass is 33.1. The molecule has 0 aromatic rings. The van der Waals surface area contributed by atoms with Crippen molar-refractivity contribution in [2.45, 2.75) is 12.8 Å². The summed E-state index contributed by atoms with van der Waals surface area (Å²) in [6, 6.07) is 0. The van der Waals surface area contributed by atoms with Gasteiger partial charge in [0.15, 0.2) is 0 Å². The summed E-state index contributed by atoms with van der Waals surface area (Å²) in [7, 11) is 2.84. The minimum atomic E-state index is -0.141. The first-order valence-corrected chi connectivity index (χ1v) is 4.68. The van der Waals surface area contributed by atoms with Gasteiger partial charge in [-0.1, -0.05) is 10.8 Å². The molecule has 0 rings (SSSR count). The lowest BCUT2D eigenvalue weighted by Crippen LogP contribution is -1.99. The second-order valence-corrected chi connectivity index (χ2v) is 2.95. The fourth-order valence-electron chi connectivity index (χ4n) is 0.383. The van der Waals surface area contributed by atoms with E-state index in [9.17, 15) is 4.79 Å². The molecule has 2 nitrogen and oxygen atoms in total. The summed E-state index contributed by atoms with van der Waals surface area (Å²) in [6.07, 6.45) is 1.35. The number of thiol groups is 1. The lowest BCUT2D eigenvalue weighted by molar-refractivity contribution is -0.140. The quantitative estimate of drug-likeness (QED) is 0.297. The molecule has 0 unspecified atom stereocenters. The number of rotatable bonds is 4. The normalized spacial score (nSPS) is 9.11. The van der Waals surface area contributed by atoms with Gasteiger partial charge in [0.2, 0.25) is 0 Å². The highest BCUT2D eigenvalue weighted by Crippen LogP contribution is 2.07. The third-order valence-corrected chi connectivity index (χ3v) is 1.86. The van der Waals surface area contributed by atoms with Crippen LogP contribution in [0.1, 0.15) is 12.8 Å². The van der Waals surface area contributed by atoms with Crippen molar-refractivity contribution in [3.05, 3.63) is 0 Å². The van der Waals surface area contributed by atoms with Gasteiger partial charge in [0.1, 0.15) is 0 Å².